The lowest BCUT2D eigenvalue weighted by molar-refractivity contribution is 0.219. The van der Waals surface area contributed by atoms with E-state index in [0.29, 0.717) is 11.3 Å². The third-order valence-corrected chi connectivity index (χ3v) is 2.91. The van der Waals surface area contributed by atoms with Crippen molar-refractivity contribution in [1.29, 1.82) is 0 Å². The second kappa shape index (κ2) is 5.62. The van der Waals surface area contributed by atoms with Gasteiger partial charge in [0.15, 0.2) is 0 Å². The molecule has 1 heteroatoms. The predicted molar refractivity (Wildman–Crippen MR) is 57.6 cm³/mol. The maximum atomic E-state index is 12.7. The fourth-order valence-corrected chi connectivity index (χ4v) is 1.47. The van der Waals surface area contributed by atoms with Gasteiger partial charge in [-0.15, -0.1) is 0 Å². The zero-order valence-corrected chi connectivity index (χ0v) is 9.86. The molecule has 0 N–H and O–H groups in total. The minimum atomic E-state index is -0.148. The van der Waals surface area contributed by atoms with Crippen LogP contribution in [0.2, 0.25) is 0 Å². The third kappa shape index (κ3) is 6.06. The Kier molecular flexibility index (Phi) is 5.59. The van der Waals surface area contributed by atoms with Crippen molar-refractivity contribution in [3.8, 4) is 0 Å². The molecule has 0 aliphatic rings. The zero-order chi connectivity index (χ0) is 10.5. The average Bonchev–Trinajstić information content (AvgIpc) is 2.03. The van der Waals surface area contributed by atoms with E-state index in [1.165, 1.54) is 0 Å². The van der Waals surface area contributed by atoms with E-state index in [1.54, 1.807) is 0 Å². The first-order valence-electron chi connectivity index (χ1n) is 5.46. The molecule has 0 aliphatic carbocycles. The molecule has 0 saturated heterocycles. The van der Waals surface area contributed by atoms with Crippen LogP contribution < -0.4 is 0 Å². The summed E-state index contributed by atoms with van der Waals surface area (Å²) in [6, 6.07) is 0. The Hall–Kier alpha value is -0.0700. The van der Waals surface area contributed by atoms with Crippen LogP contribution in [-0.4, -0.2) is 6.67 Å². The van der Waals surface area contributed by atoms with Crippen molar-refractivity contribution in [2.45, 2.75) is 53.9 Å². The molecule has 0 aromatic rings. The number of hydrogen-bond acceptors (Lipinski definition) is 0. The van der Waals surface area contributed by atoms with Crippen LogP contribution in [0.3, 0.4) is 0 Å². The van der Waals surface area contributed by atoms with E-state index in [0.717, 1.165) is 19.3 Å². The van der Waals surface area contributed by atoms with Gasteiger partial charge in [-0.2, -0.15) is 0 Å². The van der Waals surface area contributed by atoms with Crippen molar-refractivity contribution in [3.63, 3.8) is 0 Å². The molecule has 0 amide bonds. The summed E-state index contributed by atoms with van der Waals surface area (Å²) in [5, 5.41) is 0. The minimum absolute atomic E-state index is 0.148. The predicted octanol–water partition coefficient (Wildman–Crippen LogP) is 4.44. The van der Waals surface area contributed by atoms with E-state index in [4.69, 9.17) is 0 Å². The Morgan fingerprint density at radius 2 is 1.77 bits per heavy atom. The Bertz CT molecular complexity index is 124. The summed E-state index contributed by atoms with van der Waals surface area (Å²) in [7, 11) is 0. The van der Waals surface area contributed by atoms with Gasteiger partial charge in [0.25, 0.3) is 0 Å². The average molecular weight is 188 g/mol. The first-order valence-corrected chi connectivity index (χ1v) is 5.46. The Labute approximate surface area is 82.9 Å². The molecule has 0 radical (unpaired) electrons. The van der Waals surface area contributed by atoms with Gasteiger partial charge in [-0.05, 0) is 30.1 Å². The number of halogens is 1. The van der Waals surface area contributed by atoms with Gasteiger partial charge >= 0.3 is 0 Å². The molecule has 0 spiro atoms. The molecule has 0 fully saturated rings. The topological polar surface area (TPSA) is 0 Å². The van der Waals surface area contributed by atoms with Crippen LogP contribution in [0.5, 0.6) is 0 Å². The monoisotopic (exact) mass is 188 g/mol. The fourth-order valence-electron chi connectivity index (χ4n) is 1.47. The minimum Gasteiger partial charge on any atom is -0.251 e. The summed E-state index contributed by atoms with van der Waals surface area (Å²) >= 11 is 0. The van der Waals surface area contributed by atoms with E-state index >= 15 is 0 Å². The van der Waals surface area contributed by atoms with Gasteiger partial charge < -0.3 is 0 Å². The van der Waals surface area contributed by atoms with Crippen molar-refractivity contribution in [3.05, 3.63) is 0 Å². The third-order valence-electron chi connectivity index (χ3n) is 2.91. The summed E-state index contributed by atoms with van der Waals surface area (Å²) in [6.07, 6.45) is 3.26. The van der Waals surface area contributed by atoms with Crippen LogP contribution in [0.1, 0.15) is 53.9 Å². The standard InChI is InChI=1S/C12H25F/c1-6-10(2)11(9-13)7-8-12(3,4)5/h10-11H,6-9H2,1-5H3. The Balaban J connectivity index is 3.85. The quantitative estimate of drug-likeness (QED) is 0.598. The van der Waals surface area contributed by atoms with E-state index in [9.17, 15) is 4.39 Å². The molecule has 0 nitrogen and oxygen atoms in total. The maximum absolute atomic E-state index is 12.7. The normalized spacial score (nSPS) is 17.1. The first-order chi connectivity index (χ1) is 5.90. The second-order valence-corrected chi connectivity index (χ2v) is 5.40. The lowest BCUT2D eigenvalue weighted by Gasteiger charge is -2.24. The molecule has 0 saturated carbocycles. The molecule has 2 unspecified atom stereocenters. The second-order valence-electron chi connectivity index (χ2n) is 5.40. The van der Waals surface area contributed by atoms with Gasteiger partial charge in [-0.25, -0.2) is 0 Å². The SMILES string of the molecule is CCC(C)C(CF)CCC(C)(C)C. The van der Waals surface area contributed by atoms with E-state index in [2.05, 4.69) is 34.6 Å². The fraction of sp³-hybridized carbons (Fsp3) is 1.00. The number of alkyl halides is 1. The molecular weight excluding hydrogens is 163 g/mol. The Morgan fingerprint density at radius 3 is 2.08 bits per heavy atom. The van der Waals surface area contributed by atoms with Crippen LogP contribution in [-0.2, 0) is 0 Å². The molecule has 0 rings (SSSR count). The van der Waals surface area contributed by atoms with E-state index in [1.807, 2.05) is 0 Å². The van der Waals surface area contributed by atoms with Crippen molar-refractivity contribution in [2.75, 3.05) is 6.67 Å². The lowest BCUT2D eigenvalue weighted by Crippen LogP contribution is -2.16. The van der Waals surface area contributed by atoms with Crippen molar-refractivity contribution in [1.82, 2.24) is 0 Å². The maximum Gasteiger partial charge on any atom is 0.0925 e. The van der Waals surface area contributed by atoms with Gasteiger partial charge in [0, 0.05) is 0 Å². The highest BCUT2D eigenvalue weighted by Gasteiger charge is 2.19. The molecule has 0 aliphatic heterocycles. The highest BCUT2D eigenvalue weighted by atomic mass is 19.1. The van der Waals surface area contributed by atoms with Crippen molar-refractivity contribution >= 4 is 0 Å². The van der Waals surface area contributed by atoms with Gasteiger partial charge in [0.1, 0.15) is 0 Å². The van der Waals surface area contributed by atoms with Crippen LogP contribution in [0.15, 0.2) is 0 Å². The largest absolute Gasteiger partial charge is 0.251 e. The highest BCUT2D eigenvalue weighted by molar-refractivity contribution is 4.69. The summed E-state index contributed by atoms with van der Waals surface area (Å²) in [4.78, 5) is 0. The molecule has 0 aromatic heterocycles. The van der Waals surface area contributed by atoms with Gasteiger partial charge in [-0.1, -0.05) is 41.0 Å². The van der Waals surface area contributed by atoms with Crippen LogP contribution in [0.25, 0.3) is 0 Å². The molecule has 0 heterocycles. The summed E-state index contributed by atoms with van der Waals surface area (Å²) in [5.41, 5.74) is 0.348. The summed E-state index contributed by atoms with van der Waals surface area (Å²) < 4.78 is 12.7. The number of hydrogen-bond donors (Lipinski definition) is 0. The van der Waals surface area contributed by atoms with Gasteiger partial charge in [0.05, 0.1) is 6.67 Å². The molecule has 0 bridgehead atoms. The van der Waals surface area contributed by atoms with E-state index < -0.39 is 0 Å². The summed E-state index contributed by atoms with van der Waals surface area (Å²) in [5.74, 6) is 0.816. The first kappa shape index (κ1) is 12.9. The smallest absolute Gasteiger partial charge is 0.0925 e. The van der Waals surface area contributed by atoms with Crippen LogP contribution in [0, 0.1) is 17.3 Å². The van der Waals surface area contributed by atoms with Gasteiger partial charge in [-0.3, -0.25) is 4.39 Å². The highest BCUT2D eigenvalue weighted by Crippen LogP contribution is 2.28. The zero-order valence-electron chi connectivity index (χ0n) is 9.86. The summed E-state index contributed by atoms with van der Waals surface area (Å²) in [6.45, 7) is 10.8. The van der Waals surface area contributed by atoms with E-state index in [-0.39, 0.29) is 12.6 Å². The van der Waals surface area contributed by atoms with Crippen LogP contribution >= 0.6 is 0 Å². The number of rotatable bonds is 5. The lowest BCUT2D eigenvalue weighted by atomic mass is 9.82. The molecular formula is C12H25F. The van der Waals surface area contributed by atoms with Crippen molar-refractivity contribution < 1.29 is 4.39 Å². The molecule has 2 atom stereocenters. The molecule has 0 aromatic carbocycles. The molecule has 13 heavy (non-hydrogen) atoms. The molecule has 80 valence electrons. The Morgan fingerprint density at radius 1 is 1.23 bits per heavy atom. The van der Waals surface area contributed by atoms with Gasteiger partial charge in [0.2, 0.25) is 0 Å². The van der Waals surface area contributed by atoms with Crippen LogP contribution in [0.4, 0.5) is 4.39 Å². The van der Waals surface area contributed by atoms with Crippen molar-refractivity contribution in [2.24, 2.45) is 17.3 Å².